The molecule has 19 heavy (non-hydrogen) atoms. The smallest absolute Gasteiger partial charge is 0.407 e. The van der Waals surface area contributed by atoms with Crippen LogP contribution in [0.5, 0.6) is 0 Å². The molecule has 1 aromatic rings. The third kappa shape index (κ3) is 4.80. The summed E-state index contributed by atoms with van der Waals surface area (Å²) in [5.41, 5.74) is 0.385. The van der Waals surface area contributed by atoms with Crippen LogP contribution in [0.2, 0.25) is 0 Å². The van der Waals surface area contributed by atoms with Gasteiger partial charge in [-0.1, -0.05) is 30.3 Å². The molecule has 0 atom stereocenters. The van der Waals surface area contributed by atoms with Crippen LogP contribution in [-0.4, -0.2) is 17.7 Å². The SMILES string of the molecule is N#CC(C#N)=C(O)CNC(=O)OCc1ccccc1. The summed E-state index contributed by atoms with van der Waals surface area (Å²) in [6, 6.07) is 12.1. The van der Waals surface area contributed by atoms with Gasteiger partial charge in [0.2, 0.25) is 0 Å². The number of aliphatic hydroxyl groups excluding tert-OH is 1. The Bertz CT molecular complexity index is 537. The van der Waals surface area contributed by atoms with Crippen LogP contribution in [0.15, 0.2) is 41.7 Å². The molecule has 1 aromatic carbocycles. The van der Waals surface area contributed by atoms with Gasteiger partial charge < -0.3 is 15.2 Å². The fraction of sp³-hybridized carbons (Fsp3) is 0.154. The largest absolute Gasteiger partial charge is 0.508 e. The van der Waals surface area contributed by atoms with Crippen molar-refractivity contribution in [1.82, 2.24) is 5.32 Å². The van der Waals surface area contributed by atoms with Gasteiger partial charge in [0.25, 0.3) is 0 Å². The molecule has 0 radical (unpaired) electrons. The number of hydrogen-bond donors (Lipinski definition) is 2. The second-order valence-electron chi connectivity index (χ2n) is 3.46. The van der Waals surface area contributed by atoms with E-state index in [0.29, 0.717) is 0 Å². The molecule has 96 valence electrons. The Hall–Kier alpha value is -2.99. The molecule has 0 aliphatic rings. The van der Waals surface area contributed by atoms with Crippen molar-refractivity contribution in [1.29, 1.82) is 10.5 Å². The fourth-order valence-electron chi connectivity index (χ4n) is 1.17. The van der Waals surface area contributed by atoms with Crippen molar-refractivity contribution in [2.45, 2.75) is 6.61 Å². The average molecular weight is 257 g/mol. The predicted octanol–water partition coefficient (Wildman–Crippen LogP) is 1.77. The first kappa shape index (κ1) is 14.1. The Morgan fingerprint density at radius 2 is 1.89 bits per heavy atom. The molecule has 0 aromatic heterocycles. The molecule has 0 spiro atoms. The second-order valence-corrected chi connectivity index (χ2v) is 3.46. The summed E-state index contributed by atoms with van der Waals surface area (Å²) >= 11 is 0. The standard InChI is InChI=1S/C13H11N3O3/c14-6-11(7-15)12(17)8-16-13(18)19-9-10-4-2-1-3-5-10/h1-5,17H,8-9H2,(H,16,18). The molecule has 0 aliphatic heterocycles. The normalized spacial score (nSPS) is 8.74. The summed E-state index contributed by atoms with van der Waals surface area (Å²) in [6.45, 7) is -0.232. The predicted molar refractivity (Wildman–Crippen MR) is 65.5 cm³/mol. The minimum Gasteiger partial charge on any atom is -0.508 e. The van der Waals surface area contributed by atoms with Gasteiger partial charge in [-0.25, -0.2) is 4.79 Å². The zero-order valence-corrected chi connectivity index (χ0v) is 9.96. The number of hydrogen-bond acceptors (Lipinski definition) is 5. The van der Waals surface area contributed by atoms with Crippen molar-refractivity contribution in [3.63, 3.8) is 0 Å². The minimum absolute atomic E-state index is 0.0977. The van der Waals surface area contributed by atoms with E-state index in [1.54, 1.807) is 12.1 Å². The number of allylic oxidation sites excluding steroid dienone is 1. The Kier molecular flexibility index (Phi) is 5.45. The van der Waals surface area contributed by atoms with E-state index < -0.39 is 17.4 Å². The Labute approximate surface area is 110 Å². The summed E-state index contributed by atoms with van der Waals surface area (Å²) in [6.07, 6.45) is -0.745. The summed E-state index contributed by atoms with van der Waals surface area (Å²) in [5, 5.41) is 28.5. The van der Waals surface area contributed by atoms with Crippen LogP contribution >= 0.6 is 0 Å². The van der Waals surface area contributed by atoms with Gasteiger partial charge in [-0.2, -0.15) is 10.5 Å². The van der Waals surface area contributed by atoms with Gasteiger partial charge in [0, 0.05) is 0 Å². The number of benzene rings is 1. The number of carbonyl (C=O) groups excluding carboxylic acids is 1. The topological polar surface area (TPSA) is 106 Å². The third-order valence-electron chi connectivity index (χ3n) is 2.13. The van der Waals surface area contributed by atoms with E-state index in [1.165, 1.54) is 12.1 Å². The van der Waals surface area contributed by atoms with Crippen molar-refractivity contribution in [2.24, 2.45) is 0 Å². The van der Waals surface area contributed by atoms with Gasteiger partial charge in [-0.15, -0.1) is 0 Å². The molecule has 0 aliphatic carbocycles. The van der Waals surface area contributed by atoms with Gasteiger partial charge >= 0.3 is 6.09 Å². The maximum absolute atomic E-state index is 11.3. The zero-order chi connectivity index (χ0) is 14.1. The first-order valence-corrected chi connectivity index (χ1v) is 5.34. The van der Waals surface area contributed by atoms with Gasteiger partial charge in [0.05, 0.1) is 6.54 Å². The van der Waals surface area contributed by atoms with Crippen LogP contribution in [0, 0.1) is 22.7 Å². The van der Waals surface area contributed by atoms with E-state index >= 15 is 0 Å². The molecule has 6 heteroatoms. The number of carbonyl (C=O) groups is 1. The quantitative estimate of drug-likeness (QED) is 0.631. The van der Waals surface area contributed by atoms with E-state index in [1.807, 2.05) is 18.2 Å². The lowest BCUT2D eigenvalue weighted by atomic mass is 10.2. The number of ether oxygens (including phenoxy) is 1. The first-order chi connectivity index (χ1) is 9.17. The zero-order valence-electron chi connectivity index (χ0n) is 9.96. The molecule has 0 saturated carbocycles. The van der Waals surface area contributed by atoms with Gasteiger partial charge in [0.1, 0.15) is 24.5 Å². The number of rotatable bonds is 4. The summed E-state index contributed by atoms with van der Waals surface area (Å²) in [4.78, 5) is 11.3. The van der Waals surface area contributed by atoms with Crippen molar-refractivity contribution >= 4 is 6.09 Å². The highest BCUT2D eigenvalue weighted by atomic mass is 16.5. The highest BCUT2D eigenvalue weighted by Gasteiger charge is 2.07. The molecule has 6 nitrogen and oxygen atoms in total. The van der Waals surface area contributed by atoms with E-state index in [9.17, 15) is 9.90 Å². The highest BCUT2D eigenvalue weighted by Crippen LogP contribution is 2.01. The summed E-state index contributed by atoms with van der Waals surface area (Å²) in [5.74, 6) is -0.498. The second kappa shape index (κ2) is 7.36. The van der Waals surface area contributed by atoms with Crippen molar-refractivity contribution in [3.05, 3.63) is 47.2 Å². The van der Waals surface area contributed by atoms with Gasteiger partial charge in [0.15, 0.2) is 5.57 Å². The van der Waals surface area contributed by atoms with Crippen LogP contribution in [0.3, 0.4) is 0 Å². The first-order valence-electron chi connectivity index (χ1n) is 5.34. The molecule has 1 rings (SSSR count). The number of nitrogens with zero attached hydrogens (tertiary/aromatic N) is 2. The minimum atomic E-state index is -0.745. The van der Waals surface area contributed by atoms with E-state index in [2.05, 4.69) is 5.32 Å². The highest BCUT2D eigenvalue weighted by molar-refractivity contribution is 5.67. The maximum Gasteiger partial charge on any atom is 0.407 e. The lowest BCUT2D eigenvalue weighted by Crippen LogP contribution is -2.26. The molecule has 0 saturated heterocycles. The van der Waals surface area contributed by atoms with Crippen LogP contribution in [0.25, 0.3) is 0 Å². The van der Waals surface area contributed by atoms with E-state index in [-0.39, 0.29) is 13.2 Å². The maximum atomic E-state index is 11.3. The average Bonchev–Trinajstić information content (AvgIpc) is 2.45. The molecule has 0 fully saturated rings. The van der Waals surface area contributed by atoms with Crippen molar-refractivity contribution < 1.29 is 14.6 Å². The molecule has 2 N–H and O–H groups in total. The number of nitriles is 2. The van der Waals surface area contributed by atoms with E-state index in [0.717, 1.165) is 5.56 Å². The number of nitrogens with one attached hydrogen (secondary N) is 1. The van der Waals surface area contributed by atoms with Crippen LogP contribution in [0.4, 0.5) is 4.79 Å². The van der Waals surface area contributed by atoms with Gasteiger partial charge in [-0.3, -0.25) is 0 Å². The molecule has 0 bridgehead atoms. The summed E-state index contributed by atoms with van der Waals surface area (Å²) < 4.78 is 4.88. The van der Waals surface area contributed by atoms with Crippen molar-refractivity contribution in [2.75, 3.05) is 6.54 Å². The third-order valence-corrected chi connectivity index (χ3v) is 2.13. The van der Waals surface area contributed by atoms with Crippen LogP contribution in [0.1, 0.15) is 5.56 Å². The number of aliphatic hydroxyl groups is 1. The molecule has 1 amide bonds. The number of alkyl carbamates (subject to hydrolysis) is 1. The molecule has 0 heterocycles. The van der Waals surface area contributed by atoms with E-state index in [4.69, 9.17) is 15.3 Å². The molecular formula is C13H11N3O3. The number of amides is 1. The Balaban J connectivity index is 2.40. The monoisotopic (exact) mass is 257 g/mol. The van der Waals surface area contributed by atoms with Crippen LogP contribution in [-0.2, 0) is 11.3 Å². The van der Waals surface area contributed by atoms with Crippen molar-refractivity contribution in [3.8, 4) is 12.1 Å². The van der Waals surface area contributed by atoms with Crippen LogP contribution < -0.4 is 5.32 Å². The summed E-state index contributed by atoms with van der Waals surface area (Å²) in [7, 11) is 0. The Morgan fingerprint density at radius 1 is 1.26 bits per heavy atom. The molecule has 0 unspecified atom stereocenters. The fourth-order valence-corrected chi connectivity index (χ4v) is 1.17. The lowest BCUT2D eigenvalue weighted by molar-refractivity contribution is 0.139. The Morgan fingerprint density at radius 3 is 2.47 bits per heavy atom. The van der Waals surface area contributed by atoms with Gasteiger partial charge in [-0.05, 0) is 5.56 Å². The lowest BCUT2D eigenvalue weighted by Gasteiger charge is -2.06. The molecular weight excluding hydrogens is 246 g/mol.